The lowest BCUT2D eigenvalue weighted by atomic mass is 9.45. The number of hydrogen-bond acceptors (Lipinski definition) is 8. The minimum Gasteiger partial charge on any atom is -0.394 e. The van der Waals surface area contributed by atoms with Gasteiger partial charge in [0.2, 0.25) is 11.8 Å². The molecule has 0 spiro atoms. The second-order valence-electron chi connectivity index (χ2n) is 20.0. The van der Waals surface area contributed by atoms with Crippen molar-refractivity contribution in [3.05, 3.63) is 0 Å². The molecule has 10 nitrogen and oxygen atoms in total. The zero-order chi connectivity index (χ0) is 38.7. The van der Waals surface area contributed by atoms with Crippen molar-refractivity contribution >= 4 is 11.8 Å². The highest BCUT2D eigenvalue weighted by Gasteiger charge is 2.58. The smallest absolute Gasteiger partial charge is 0.240 e. The van der Waals surface area contributed by atoms with Crippen LogP contribution in [0.2, 0.25) is 0 Å². The summed E-state index contributed by atoms with van der Waals surface area (Å²) in [7, 11) is 6.04. The molecule has 0 aromatic carbocycles. The minimum absolute atomic E-state index is 0.0132. The van der Waals surface area contributed by atoms with E-state index >= 15 is 0 Å². The van der Waals surface area contributed by atoms with Gasteiger partial charge in [0.15, 0.2) is 0 Å². The van der Waals surface area contributed by atoms with Crippen molar-refractivity contribution in [2.24, 2.45) is 58.7 Å². The van der Waals surface area contributed by atoms with E-state index in [9.17, 15) is 19.8 Å². The molecule has 54 heavy (non-hydrogen) atoms. The predicted octanol–water partition coefficient (Wildman–Crippen LogP) is 5.79. The molecule has 310 valence electrons. The van der Waals surface area contributed by atoms with Gasteiger partial charge >= 0.3 is 0 Å². The maximum Gasteiger partial charge on any atom is 0.240 e. The Hall–Kier alpha value is -1.30. The molecule has 6 aliphatic carbocycles. The fourth-order valence-corrected chi connectivity index (χ4v) is 12.8. The number of fused-ring (bicyclic) bond motifs is 2. The number of rotatable bonds is 15. The number of amides is 2. The average Bonchev–Trinajstić information content (AvgIpc) is 3.53. The number of aliphatic hydroxyl groups excluding tert-OH is 2. The van der Waals surface area contributed by atoms with Crippen LogP contribution in [-0.4, -0.2) is 109 Å². The van der Waals surface area contributed by atoms with Crippen molar-refractivity contribution in [3.63, 3.8) is 0 Å². The van der Waals surface area contributed by atoms with Crippen molar-refractivity contribution in [3.8, 4) is 0 Å². The van der Waals surface area contributed by atoms with E-state index in [2.05, 4.69) is 50.4 Å². The van der Waals surface area contributed by atoms with Crippen LogP contribution >= 0.6 is 0 Å². The molecule has 10 heteroatoms. The molecule has 6 saturated carbocycles. The molecule has 14 atom stereocenters. The molecule has 1 aliphatic heterocycles. The molecule has 0 radical (unpaired) electrons. The molecular weight excluding hydrogens is 681 g/mol. The summed E-state index contributed by atoms with van der Waals surface area (Å²) in [6, 6.07) is -0.385. The third kappa shape index (κ3) is 9.36. The monoisotopic (exact) mass is 759 g/mol. The molecule has 2 bridgehead atoms. The molecule has 2 amide bonds. The Morgan fingerprint density at radius 3 is 2.37 bits per heavy atom. The SMILES string of the molecule is COC1C(CN2O[C@@H](CO)[C@H]([C@H](C)O)[C@H]2C(=O)N[C@H]2C[C@H]3C[C@@H]([C@@H]2C)C3(C)C)CCCC1C1CCCC(C(=O)N[C@@H](CCC2CCCCC2)CN(C)C)C1. The Bertz CT molecular complexity index is 1230. The zero-order valence-electron chi connectivity index (χ0n) is 35.0. The summed E-state index contributed by atoms with van der Waals surface area (Å²) in [5, 5.41) is 30.1. The molecular formula is C44H78N4O6. The van der Waals surface area contributed by atoms with E-state index in [0.29, 0.717) is 41.5 Å². The highest BCUT2D eigenvalue weighted by molar-refractivity contribution is 5.83. The first-order chi connectivity index (χ1) is 25.8. The van der Waals surface area contributed by atoms with Crippen LogP contribution in [0.1, 0.15) is 130 Å². The quantitative estimate of drug-likeness (QED) is 0.166. The van der Waals surface area contributed by atoms with Gasteiger partial charge in [-0.25, -0.2) is 0 Å². The number of carbonyl (C=O) groups is 2. The van der Waals surface area contributed by atoms with Gasteiger partial charge in [-0.05, 0) is 113 Å². The Morgan fingerprint density at radius 2 is 1.72 bits per heavy atom. The fraction of sp³-hybridized carbons (Fsp3) is 0.955. The lowest BCUT2D eigenvalue weighted by Crippen LogP contribution is -2.62. The number of aliphatic hydroxyl groups is 2. The number of nitrogens with one attached hydrogen (secondary N) is 2. The van der Waals surface area contributed by atoms with E-state index in [0.717, 1.165) is 70.3 Å². The number of hydrogen-bond donors (Lipinski definition) is 4. The van der Waals surface area contributed by atoms with E-state index in [1.54, 1.807) is 12.0 Å². The lowest BCUT2D eigenvalue weighted by Gasteiger charge is -2.62. The van der Waals surface area contributed by atoms with Gasteiger partial charge in [-0.2, -0.15) is 5.06 Å². The van der Waals surface area contributed by atoms with Crippen molar-refractivity contribution in [2.45, 2.75) is 167 Å². The predicted molar refractivity (Wildman–Crippen MR) is 212 cm³/mol. The molecule has 7 fully saturated rings. The van der Waals surface area contributed by atoms with Crippen molar-refractivity contribution < 1.29 is 29.4 Å². The Kier molecular flexibility index (Phi) is 14.5. The topological polar surface area (TPSA) is 124 Å². The van der Waals surface area contributed by atoms with Crippen molar-refractivity contribution in [1.82, 2.24) is 20.6 Å². The van der Waals surface area contributed by atoms with Gasteiger partial charge in [0.25, 0.3) is 0 Å². The Balaban J connectivity index is 1.09. The summed E-state index contributed by atoms with van der Waals surface area (Å²) in [6.07, 6.45) is 17.0. The first-order valence-corrected chi connectivity index (χ1v) is 22.3. The second-order valence-corrected chi connectivity index (χ2v) is 20.0. The lowest BCUT2D eigenvalue weighted by molar-refractivity contribution is -0.193. The van der Waals surface area contributed by atoms with Gasteiger partial charge in [-0.1, -0.05) is 72.1 Å². The molecule has 7 rings (SSSR count). The van der Waals surface area contributed by atoms with Crippen LogP contribution in [0.25, 0.3) is 0 Å². The van der Waals surface area contributed by atoms with E-state index in [4.69, 9.17) is 9.57 Å². The van der Waals surface area contributed by atoms with E-state index < -0.39 is 24.2 Å². The molecule has 5 unspecified atom stereocenters. The third-order valence-electron chi connectivity index (χ3n) is 16.0. The van der Waals surface area contributed by atoms with E-state index in [1.165, 1.54) is 44.9 Å². The number of ether oxygens (including phenoxy) is 1. The average molecular weight is 759 g/mol. The number of methoxy groups -OCH3 is 1. The summed E-state index contributed by atoms with van der Waals surface area (Å²) in [4.78, 5) is 36.8. The van der Waals surface area contributed by atoms with Crippen LogP contribution in [0.4, 0.5) is 0 Å². The molecule has 4 N–H and O–H groups in total. The largest absolute Gasteiger partial charge is 0.394 e. The summed E-state index contributed by atoms with van der Waals surface area (Å²) >= 11 is 0. The first-order valence-electron chi connectivity index (χ1n) is 22.3. The Morgan fingerprint density at radius 1 is 0.981 bits per heavy atom. The van der Waals surface area contributed by atoms with Gasteiger partial charge in [-0.3, -0.25) is 14.4 Å². The van der Waals surface area contributed by atoms with Crippen LogP contribution in [-0.2, 0) is 19.2 Å². The van der Waals surface area contributed by atoms with Gasteiger partial charge < -0.3 is 30.5 Å². The molecule has 1 saturated heterocycles. The molecule has 1 heterocycles. The van der Waals surface area contributed by atoms with E-state index in [1.807, 2.05) is 7.11 Å². The first kappa shape index (κ1) is 42.3. The number of hydroxylamine groups is 2. The van der Waals surface area contributed by atoms with Crippen LogP contribution in [0.3, 0.4) is 0 Å². The number of nitrogens with zero attached hydrogens (tertiary/aromatic N) is 2. The van der Waals surface area contributed by atoms with Crippen LogP contribution in [0.15, 0.2) is 0 Å². The van der Waals surface area contributed by atoms with Crippen LogP contribution in [0, 0.1) is 58.7 Å². The normalized spacial score (nSPS) is 39.8. The molecule has 7 aliphatic rings. The highest BCUT2D eigenvalue weighted by atomic mass is 16.7. The number of likely N-dealkylation sites (N-methyl/N-ethyl adjacent to an activating group) is 1. The summed E-state index contributed by atoms with van der Waals surface area (Å²) in [5.41, 5.74) is 0.324. The maximum absolute atomic E-state index is 14.3. The third-order valence-corrected chi connectivity index (χ3v) is 16.0. The maximum atomic E-state index is 14.3. The van der Waals surface area contributed by atoms with E-state index in [-0.39, 0.29) is 48.4 Å². The minimum atomic E-state index is -0.814. The van der Waals surface area contributed by atoms with Crippen LogP contribution in [0.5, 0.6) is 0 Å². The molecule has 0 aromatic rings. The Labute approximate surface area is 327 Å². The fourth-order valence-electron chi connectivity index (χ4n) is 12.8. The highest BCUT2D eigenvalue weighted by Crippen LogP contribution is 2.61. The summed E-state index contributed by atoms with van der Waals surface area (Å²) < 4.78 is 6.38. The van der Waals surface area contributed by atoms with Gasteiger partial charge in [0, 0.05) is 50.0 Å². The van der Waals surface area contributed by atoms with Crippen LogP contribution < -0.4 is 10.6 Å². The standard InChI is InChI=1S/C44H78N4O6/c1-27-36-22-33(44(36,3)4)23-37(27)46-43(52)40-39(28(2)50)38(26-49)54-48(40)24-32-17-12-18-35(41(32)53-7)30-15-11-16-31(21-30)42(51)45-34(25-47(5)6)20-19-29-13-9-8-10-14-29/h27-41,49-50H,8-26H2,1-7H3,(H,45,51)(H,46,52)/t27-,28-,30?,31?,32?,33+,34-,35?,36-,37-,38-,39-,40-,41?/m0/s1. The second kappa shape index (κ2) is 18.5. The van der Waals surface area contributed by atoms with Crippen molar-refractivity contribution in [2.75, 3.05) is 40.9 Å². The number of carbonyl (C=O) groups excluding carboxylic acids is 2. The van der Waals surface area contributed by atoms with Gasteiger partial charge in [0.05, 0.1) is 18.8 Å². The summed E-state index contributed by atoms with van der Waals surface area (Å²) in [5.74, 6) is 2.96. The zero-order valence-corrected chi connectivity index (χ0v) is 35.0. The van der Waals surface area contributed by atoms with Crippen molar-refractivity contribution in [1.29, 1.82) is 0 Å². The summed E-state index contributed by atoms with van der Waals surface area (Å²) in [6.45, 7) is 9.87. The van der Waals surface area contributed by atoms with Gasteiger partial charge in [0.1, 0.15) is 12.1 Å². The molecule has 0 aromatic heterocycles. The van der Waals surface area contributed by atoms with Gasteiger partial charge in [-0.15, -0.1) is 0 Å².